The fourth-order valence-electron chi connectivity index (χ4n) is 2.22. The van der Waals surface area contributed by atoms with Gasteiger partial charge < -0.3 is 15.2 Å². The number of hydrogen-bond acceptors (Lipinski definition) is 3. The van der Waals surface area contributed by atoms with Gasteiger partial charge in [-0.2, -0.15) is 0 Å². The lowest BCUT2D eigenvalue weighted by molar-refractivity contribution is -0.105. The van der Waals surface area contributed by atoms with Gasteiger partial charge in [-0.05, 0) is 18.8 Å². The van der Waals surface area contributed by atoms with Crippen LogP contribution in [0.15, 0.2) is 0 Å². The lowest BCUT2D eigenvalue weighted by Crippen LogP contribution is -2.52. The molecule has 1 unspecified atom stereocenters. The Kier molecular flexibility index (Phi) is 5.03. The van der Waals surface area contributed by atoms with E-state index in [9.17, 15) is 0 Å². The largest absolute Gasteiger partial charge is 0.381 e. The Bertz CT molecular complexity index is 176. The topological polar surface area (TPSA) is 44.5 Å². The van der Waals surface area contributed by atoms with Gasteiger partial charge >= 0.3 is 0 Å². The Morgan fingerprint density at radius 3 is 2.33 bits per heavy atom. The standard InChI is InChI=1S/C12H25NO2/c1-10(2)4-5-11(13)12(14-3)6-8-15-9-7-12/h10-11H,4-9,13H2,1-3H3. The van der Waals surface area contributed by atoms with Gasteiger partial charge in [0, 0.05) is 39.2 Å². The quantitative estimate of drug-likeness (QED) is 0.762. The smallest absolute Gasteiger partial charge is 0.0872 e. The molecular weight excluding hydrogens is 190 g/mol. The molecule has 3 nitrogen and oxygen atoms in total. The van der Waals surface area contributed by atoms with E-state index in [1.165, 1.54) is 6.42 Å². The van der Waals surface area contributed by atoms with E-state index in [2.05, 4.69) is 13.8 Å². The maximum atomic E-state index is 6.26. The molecule has 1 aliphatic rings. The van der Waals surface area contributed by atoms with Gasteiger partial charge in [0.1, 0.15) is 0 Å². The van der Waals surface area contributed by atoms with E-state index in [1.54, 1.807) is 7.11 Å². The molecule has 0 aliphatic carbocycles. The van der Waals surface area contributed by atoms with Crippen LogP contribution in [0, 0.1) is 5.92 Å². The highest BCUT2D eigenvalue weighted by Crippen LogP contribution is 2.29. The van der Waals surface area contributed by atoms with E-state index >= 15 is 0 Å². The zero-order valence-electron chi connectivity index (χ0n) is 10.3. The number of ether oxygens (including phenoxy) is 2. The number of nitrogens with two attached hydrogens (primary N) is 1. The molecule has 0 spiro atoms. The van der Waals surface area contributed by atoms with Crippen LogP contribution < -0.4 is 5.73 Å². The van der Waals surface area contributed by atoms with Crippen molar-refractivity contribution in [1.29, 1.82) is 0 Å². The normalized spacial score (nSPS) is 23.0. The summed E-state index contributed by atoms with van der Waals surface area (Å²) < 4.78 is 11.0. The van der Waals surface area contributed by atoms with Crippen LogP contribution in [0.2, 0.25) is 0 Å². The maximum absolute atomic E-state index is 6.26. The number of rotatable bonds is 5. The molecule has 0 radical (unpaired) electrons. The summed E-state index contributed by atoms with van der Waals surface area (Å²) >= 11 is 0. The zero-order valence-corrected chi connectivity index (χ0v) is 10.3. The number of methoxy groups -OCH3 is 1. The summed E-state index contributed by atoms with van der Waals surface area (Å²) in [6.07, 6.45) is 4.09. The average Bonchev–Trinajstić information content (AvgIpc) is 2.26. The van der Waals surface area contributed by atoms with Gasteiger partial charge in [0.05, 0.1) is 5.60 Å². The van der Waals surface area contributed by atoms with Gasteiger partial charge in [0.15, 0.2) is 0 Å². The molecule has 0 bridgehead atoms. The van der Waals surface area contributed by atoms with Crippen LogP contribution in [-0.2, 0) is 9.47 Å². The Hall–Kier alpha value is -0.120. The van der Waals surface area contributed by atoms with Crippen LogP contribution >= 0.6 is 0 Å². The van der Waals surface area contributed by atoms with Crippen LogP contribution in [0.25, 0.3) is 0 Å². The van der Waals surface area contributed by atoms with Crippen molar-refractivity contribution >= 4 is 0 Å². The fourth-order valence-corrected chi connectivity index (χ4v) is 2.22. The third-order valence-electron chi connectivity index (χ3n) is 3.48. The highest BCUT2D eigenvalue weighted by molar-refractivity contribution is 4.93. The molecule has 1 saturated heterocycles. The Labute approximate surface area is 93.3 Å². The van der Waals surface area contributed by atoms with E-state index in [1.807, 2.05) is 0 Å². The molecule has 0 aromatic heterocycles. The lowest BCUT2D eigenvalue weighted by Gasteiger charge is -2.40. The van der Waals surface area contributed by atoms with Gasteiger partial charge in [0.2, 0.25) is 0 Å². The second-order valence-electron chi connectivity index (χ2n) is 4.96. The van der Waals surface area contributed by atoms with Crippen LogP contribution in [0.3, 0.4) is 0 Å². The summed E-state index contributed by atoms with van der Waals surface area (Å²) in [5, 5.41) is 0. The molecule has 0 aromatic rings. The summed E-state index contributed by atoms with van der Waals surface area (Å²) in [7, 11) is 1.78. The first-order valence-corrected chi connectivity index (χ1v) is 5.99. The molecule has 0 saturated carbocycles. The third kappa shape index (κ3) is 3.44. The van der Waals surface area contributed by atoms with Crippen molar-refractivity contribution in [2.24, 2.45) is 11.7 Å². The average molecular weight is 215 g/mol. The fraction of sp³-hybridized carbons (Fsp3) is 1.00. The monoisotopic (exact) mass is 215 g/mol. The molecule has 0 amide bonds. The van der Waals surface area contributed by atoms with Gasteiger partial charge in [-0.1, -0.05) is 13.8 Å². The predicted octanol–water partition coefficient (Wildman–Crippen LogP) is 1.95. The molecule has 15 heavy (non-hydrogen) atoms. The van der Waals surface area contributed by atoms with Crippen molar-refractivity contribution in [3.63, 3.8) is 0 Å². The summed E-state index contributed by atoms with van der Waals surface area (Å²) in [5.74, 6) is 0.713. The van der Waals surface area contributed by atoms with E-state index in [0.29, 0.717) is 5.92 Å². The predicted molar refractivity (Wildman–Crippen MR) is 61.8 cm³/mol. The van der Waals surface area contributed by atoms with Gasteiger partial charge in [0.25, 0.3) is 0 Å². The van der Waals surface area contributed by atoms with E-state index in [4.69, 9.17) is 15.2 Å². The molecular formula is C12H25NO2. The molecule has 3 heteroatoms. The minimum atomic E-state index is -0.132. The first-order valence-electron chi connectivity index (χ1n) is 5.99. The van der Waals surface area contributed by atoms with E-state index in [0.717, 1.165) is 32.5 Å². The Balaban J connectivity index is 2.48. The van der Waals surface area contributed by atoms with Crippen LogP contribution in [0.5, 0.6) is 0 Å². The van der Waals surface area contributed by atoms with Gasteiger partial charge in [-0.15, -0.1) is 0 Å². The minimum Gasteiger partial charge on any atom is -0.381 e. The highest BCUT2D eigenvalue weighted by Gasteiger charge is 2.38. The van der Waals surface area contributed by atoms with E-state index in [-0.39, 0.29) is 11.6 Å². The summed E-state index contributed by atoms with van der Waals surface area (Å²) in [6, 6.07) is 0.147. The molecule has 1 fully saturated rings. The molecule has 1 aliphatic heterocycles. The molecule has 1 rings (SSSR count). The molecule has 90 valence electrons. The lowest BCUT2D eigenvalue weighted by atomic mass is 9.83. The van der Waals surface area contributed by atoms with Crippen LogP contribution in [0.4, 0.5) is 0 Å². The first kappa shape index (κ1) is 12.9. The van der Waals surface area contributed by atoms with Crippen molar-refractivity contribution in [3.8, 4) is 0 Å². The van der Waals surface area contributed by atoms with Crippen LogP contribution in [0.1, 0.15) is 39.5 Å². The Morgan fingerprint density at radius 1 is 1.27 bits per heavy atom. The molecule has 1 atom stereocenters. The summed E-state index contributed by atoms with van der Waals surface area (Å²) in [5.41, 5.74) is 6.13. The second-order valence-corrected chi connectivity index (χ2v) is 4.96. The third-order valence-corrected chi connectivity index (χ3v) is 3.48. The van der Waals surface area contributed by atoms with Gasteiger partial charge in [-0.3, -0.25) is 0 Å². The first-order chi connectivity index (χ1) is 7.10. The summed E-state index contributed by atoms with van der Waals surface area (Å²) in [4.78, 5) is 0. The van der Waals surface area contributed by atoms with Crippen molar-refractivity contribution < 1.29 is 9.47 Å². The molecule has 2 N–H and O–H groups in total. The van der Waals surface area contributed by atoms with Crippen molar-refractivity contribution in [2.45, 2.75) is 51.2 Å². The maximum Gasteiger partial charge on any atom is 0.0872 e. The Morgan fingerprint density at radius 2 is 1.87 bits per heavy atom. The van der Waals surface area contributed by atoms with Crippen molar-refractivity contribution in [3.05, 3.63) is 0 Å². The second kappa shape index (κ2) is 5.83. The highest BCUT2D eigenvalue weighted by atomic mass is 16.5. The minimum absolute atomic E-state index is 0.132. The molecule has 1 heterocycles. The molecule has 0 aromatic carbocycles. The van der Waals surface area contributed by atoms with Crippen molar-refractivity contribution in [2.75, 3.05) is 20.3 Å². The number of hydrogen-bond donors (Lipinski definition) is 1. The van der Waals surface area contributed by atoms with Crippen LogP contribution in [-0.4, -0.2) is 32.0 Å². The zero-order chi connectivity index (χ0) is 11.3. The SMILES string of the molecule is COC1(C(N)CCC(C)C)CCOCC1. The van der Waals surface area contributed by atoms with Crippen molar-refractivity contribution in [1.82, 2.24) is 0 Å². The van der Waals surface area contributed by atoms with Gasteiger partial charge in [-0.25, -0.2) is 0 Å². The van der Waals surface area contributed by atoms with E-state index < -0.39 is 0 Å². The summed E-state index contributed by atoms with van der Waals surface area (Å²) in [6.45, 7) is 6.03.